The number of hydrogen-bond acceptors (Lipinski definition) is 3. The summed E-state index contributed by atoms with van der Waals surface area (Å²) < 4.78 is 6.14. The van der Waals surface area contributed by atoms with Crippen molar-refractivity contribution in [2.75, 3.05) is 18.0 Å². The van der Waals surface area contributed by atoms with Crippen LogP contribution in [-0.2, 0) is 0 Å². The maximum atomic E-state index is 6.14. The van der Waals surface area contributed by atoms with Crippen molar-refractivity contribution in [2.45, 2.75) is 13.8 Å². The van der Waals surface area contributed by atoms with Crippen molar-refractivity contribution in [3.05, 3.63) is 89.2 Å². The molecule has 146 valence electrons. The van der Waals surface area contributed by atoms with E-state index in [1.165, 1.54) is 5.69 Å². The molecule has 0 radical (unpaired) electrons. The highest BCUT2D eigenvalue weighted by Crippen LogP contribution is 2.25. The first kappa shape index (κ1) is 19.3. The molecule has 0 saturated carbocycles. The van der Waals surface area contributed by atoms with Gasteiger partial charge >= 0.3 is 0 Å². The number of rotatable bonds is 5. The average molecular weight is 403 g/mol. The molecule has 29 heavy (non-hydrogen) atoms. The van der Waals surface area contributed by atoms with Gasteiger partial charge in [-0.2, -0.15) is 0 Å². The standard InChI is InChI=1S/C25H23ClN2O/c1-3-28(4-2)21-15-13-20(14-16-21)27-23-17-25(18-9-11-19(26)12-10-18)29-24-8-6-5-7-22(23)24/h5-17H,3-4H2,1-2H3. The van der Waals surface area contributed by atoms with Crippen LogP contribution < -0.4 is 10.3 Å². The molecule has 0 bridgehead atoms. The zero-order chi connectivity index (χ0) is 20.2. The van der Waals surface area contributed by atoms with Crippen molar-refractivity contribution in [3.63, 3.8) is 0 Å². The number of para-hydroxylation sites is 1. The summed E-state index contributed by atoms with van der Waals surface area (Å²) >= 11 is 6.04. The molecule has 0 spiro atoms. The van der Waals surface area contributed by atoms with Crippen molar-refractivity contribution in [1.82, 2.24) is 0 Å². The third kappa shape index (κ3) is 4.20. The van der Waals surface area contributed by atoms with Crippen molar-refractivity contribution < 1.29 is 4.42 Å². The van der Waals surface area contributed by atoms with Crippen LogP contribution in [0.25, 0.3) is 22.3 Å². The summed E-state index contributed by atoms with van der Waals surface area (Å²) in [6, 6.07) is 26.0. The van der Waals surface area contributed by atoms with Gasteiger partial charge in [-0.15, -0.1) is 0 Å². The molecule has 0 atom stereocenters. The summed E-state index contributed by atoms with van der Waals surface area (Å²) in [5.41, 5.74) is 3.90. The van der Waals surface area contributed by atoms with Crippen molar-refractivity contribution in [3.8, 4) is 11.3 Å². The maximum absolute atomic E-state index is 6.14. The van der Waals surface area contributed by atoms with Crippen molar-refractivity contribution >= 4 is 33.9 Å². The minimum Gasteiger partial charge on any atom is -0.456 e. The van der Waals surface area contributed by atoms with Crippen LogP contribution in [0, 0.1) is 0 Å². The van der Waals surface area contributed by atoms with Gasteiger partial charge in [-0.3, -0.25) is 0 Å². The van der Waals surface area contributed by atoms with E-state index >= 15 is 0 Å². The van der Waals surface area contributed by atoms with Gasteiger partial charge in [0.2, 0.25) is 0 Å². The topological polar surface area (TPSA) is 28.7 Å². The van der Waals surface area contributed by atoms with Gasteiger partial charge in [0.25, 0.3) is 0 Å². The number of anilines is 1. The van der Waals surface area contributed by atoms with Crippen LogP contribution in [0.15, 0.2) is 88.3 Å². The lowest BCUT2D eigenvalue weighted by molar-refractivity contribution is 0.618. The Kier molecular flexibility index (Phi) is 5.68. The minimum absolute atomic E-state index is 0.702. The molecule has 0 fully saturated rings. The normalized spacial score (nSPS) is 11.8. The molecular formula is C25H23ClN2O. The van der Waals surface area contributed by atoms with E-state index in [0.717, 1.165) is 46.4 Å². The van der Waals surface area contributed by atoms with Crippen LogP contribution in [0.3, 0.4) is 0 Å². The molecule has 3 nitrogen and oxygen atoms in total. The predicted molar refractivity (Wildman–Crippen MR) is 122 cm³/mol. The molecule has 0 unspecified atom stereocenters. The van der Waals surface area contributed by atoms with E-state index in [1.54, 1.807) is 0 Å². The number of benzene rings is 3. The van der Waals surface area contributed by atoms with Gasteiger partial charge in [0.15, 0.2) is 0 Å². The molecule has 3 aromatic carbocycles. The van der Waals surface area contributed by atoms with Crippen LogP contribution in [0.4, 0.5) is 11.4 Å². The van der Waals surface area contributed by atoms with Crippen molar-refractivity contribution in [1.29, 1.82) is 0 Å². The van der Waals surface area contributed by atoms with Crippen LogP contribution in [0.2, 0.25) is 5.02 Å². The van der Waals surface area contributed by atoms with Gasteiger partial charge in [-0.1, -0.05) is 23.7 Å². The Labute approximate surface area is 175 Å². The number of nitrogens with zero attached hydrogens (tertiary/aromatic N) is 2. The van der Waals surface area contributed by atoms with E-state index in [2.05, 4.69) is 43.0 Å². The second kappa shape index (κ2) is 8.54. The van der Waals surface area contributed by atoms with Gasteiger partial charge in [-0.25, -0.2) is 4.99 Å². The van der Waals surface area contributed by atoms with Gasteiger partial charge in [0, 0.05) is 40.8 Å². The zero-order valence-corrected chi connectivity index (χ0v) is 17.4. The molecule has 0 aliphatic heterocycles. The van der Waals surface area contributed by atoms with Crippen LogP contribution in [0.5, 0.6) is 0 Å². The highest BCUT2D eigenvalue weighted by Gasteiger charge is 2.06. The fourth-order valence-electron chi connectivity index (χ4n) is 3.43. The molecule has 1 heterocycles. The average Bonchev–Trinajstić information content (AvgIpc) is 2.76. The smallest absolute Gasteiger partial charge is 0.136 e. The van der Waals surface area contributed by atoms with E-state index in [0.29, 0.717) is 5.02 Å². The van der Waals surface area contributed by atoms with Gasteiger partial charge < -0.3 is 9.32 Å². The van der Waals surface area contributed by atoms with Gasteiger partial charge in [-0.05, 0) is 74.5 Å². The Morgan fingerprint density at radius 3 is 2.24 bits per heavy atom. The fraction of sp³-hybridized carbons (Fsp3) is 0.160. The Balaban J connectivity index is 1.82. The zero-order valence-electron chi connectivity index (χ0n) is 16.6. The van der Waals surface area contributed by atoms with Gasteiger partial charge in [0.1, 0.15) is 11.3 Å². The van der Waals surface area contributed by atoms with E-state index in [1.807, 2.05) is 54.6 Å². The van der Waals surface area contributed by atoms with E-state index in [9.17, 15) is 0 Å². The molecule has 0 amide bonds. The molecule has 0 aliphatic carbocycles. The lowest BCUT2D eigenvalue weighted by atomic mass is 10.1. The van der Waals surface area contributed by atoms with E-state index < -0.39 is 0 Å². The molecule has 0 aliphatic rings. The highest BCUT2D eigenvalue weighted by atomic mass is 35.5. The SMILES string of the molecule is CCN(CC)c1ccc(N=c2cc(-c3ccc(Cl)cc3)oc3ccccc23)cc1. The third-order valence-corrected chi connectivity index (χ3v) is 5.26. The Hall–Kier alpha value is -3.04. The highest BCUT2D eigenvalue weighted by molar-refractivity contribution is 6.30. The maximum Gasteiger partial charge on any atom is 0.136 e. The Morgan fingerprint density at radius 1 is 0.862 bits per heavy atom. The second-order valence-corrected chi connectivity index (χ2v) is 7.24. The third-order valence-electron chi connectivity index (χ3n) is 5.01. The lowest BCUT2D eigenvalue weighted by Crippen LogP contribution is -2.21. The lowest BCUT2D eigenvalue weighted by Gasteiger charge is -2.20. The largest absolute Gasteiger partial charge is 0.456 e. The van der Waals surface area contributed by atoms with Crippen molar-refractivity contribution in [2.24, 2.45) is 4.99 Å². The van der Waals surface area contributed by atoms with Gasteiger partial charge in [0.05, 0.1) is 11.0 Å². The monoisotopic (exact) mass is 402 g/mol. The summed E-state index contributed by atoms with van der Waals surface area (Å²) in [5.74, 6) is 0.763. The van der Waals surface area contributed by atoms with Crippen LogP contribution in [-0.4, -0.2) is 13.1 Å². The van der Waals surface area contributed by atoms with E-state index in [4.69, 9.17) is 21.0 Å². The quantitative estimate of drug-likeness (QED) is 0.366. The summed E-state index contributed by atoms with van der Waals surface area (Å²) in [7, 11) is 0. The molecular weight excluding hydrogens is 380 g/mol. The minimum atomic E-state index is 0.702. The molecule has 4 heteroatoms. The van der Waals surface area contributed by atoms with Crippen LogP contribution in [0.1, 0.15) is 13.8 Å². The molecule has 4 rings (SSSR count). The van der Waals surface area contributed by atoms with E-state index in [-0.39, 0.29) is 0 Å². The second-order valence-electron chi connectivity index (χ2n) is 6.80. The van der Waals surface area contributed by atoms with Crippen LogP contribution >= 0.6 is 11.6 Å². The Bertz CT molecular complexity index is 1170. The summed E-state index contributed by atoms with van der Waals surface area (Å²) in [6.45, 7) is 6.31. The molecule has 0 saturated heterocycles. The first-order chi connectivity index (χ1) is 14.2. The molecule has 0 N–H and O–H groups in total. The number of hydrogen-bond donors (Lipinski definition) is 0. The fourth-order valence-corrected chi connectivity index (χ4v) is 3.56. The summed E-state index contributed by atoms with van der Waals surface area (Å²) in [6.07, 6.45) is 0. The predicted octanol–water partition coefficient (Wildman–Crippen LogP) is 6.83. The molecule has 1 aromatic heterocycles. The Morgan fingerprint density at radius 2 is 1.55 bits per heavy atom. The first-order valence-corrected chi connectivity index (χ1v) is 10.2. The summed E-state index contributed by atoms with van der Waals surface area (Å²) in [4.78, 5) is 7.24. The first-order valence-electron chi connectivity index (χ1n) is 9.86. The number of fused-ring (bicyclic) bond motifs is 1. The molecule has 4 aromatic rings. The summed E-state index contributed by atoms with van der Waals surface area (Å²) in [5, 5.41) is 2.57. The number of halogens is 1.